The third-order valence-electron chi connectivity index (χ3n) is 2.16. The van der Waals surface area contributed by atoms with Gasteiger partial charge < -0.3 is 5.73 Å². The maximum atomic E-state index is 12.7. The Bertz CT molecular complexity index is 545. The van der Waals surface area contributed by atoms with Gasteiger partial charge in [-0.3, -0.25) is 0 Å². The molecule has 2 rings (SSSR count). The molecule has 2 aromatic rings. The van der Waals surface area contributed by atoms with E-state index in [0.29, 0.717) is 11.4 Å². The SMILES string of the molecule is Cc1csc(Cc2nc(C(F)(F)F)c(CN)s2)n1. The van der Waals surface area contributed by atoms with Crippen LogP contribution in [-0.4, -0.2) is 9.97 Å². The van der Waals surface area contributed by atoms with E-state index in [9.17, 15) is 13.2 Å². The number of aryl methyl sites for hydroxylation is 1. The summed E-state index contributed by atoms with van der Waals surface area (Å²) in [5.41, 5.74) is 5.32. The van der Waals surface area contributed by atoms with Crippen molar-refractivity contribution in [3.8, 4) is 0 Å². The monoisotopic (exact) mass is 293 g/mol. The van der Waals surface area contributed by atoms with Gasteiger partial charge in [0.15, 0.2) is 5.69 Å². The molecule has 2 heterocycles. The highest BCUT2D eigenvalue weighted by molar-refractivity contribution is 7.12. The van der Waals surface area contributed by atoms with Crippen LogP contribution in [0.15, 0.2) is 5.38 Å². The van der Waals surface area contributed by atoms with Gasteiger partial charge in [-0.15, -0.1) is 22.7 Å². The summed E-state index contributed by atoms with van der Waals surface area (Å²) >= 11 is 2.42. The first-order chi connectivity index (χ1) is 8.40. The second-order valence-corrected chi connectivity index (χ2v) is 5.75. The van der Waals surface area contributed by atoms with Gasteiger partial charge in [-0.25, -0.2) is 9.97 Å². The van der Waals surface area contributed by atoms with Crippen LogP contribution in [0.3, 0.4) is 0 Å². The van der Waals surface area contributed by atoms with E-state index in [1.165, 1.54) is 11.3 Å². The van der Waals surface area contributed by atoms with Crippen LogP contribution < -0.4 is 5.73 Å². The minimum Gasteiger partial charge on any atom is -0.326 e. The number of thiazole rings is 2. The van der Waals surface area contributed by atoms with Crippen LogP contribution in [0.25, 0.3) is 0 Å². The molecular weight excluding hydrogens is 283 g/mol. The Morgan fingerprint density at radius 1 is 1.28 bits per heavy atom. The Morgan fingerprint density at radius 2 is 2.00 bits per heavy atom. The molecule has 0 saturated heterocycles. The van der Waals surface area contributed by atoms with Gasteiger partial charge in [-0.1, -0.05) is 0 Å². The van der Waals surface area contributed by atoms with E-state index in [4.69, 9.17) is 5.73 Å². The molecule has 0 fully saturated rings. The van der Waals surface area contributed by atoms with Gasteiger partial charge in [-0.2, -0.15) is 13.2 Å². The van der Waals surface area contributed by atoms with Crippen molar-refractivity contribution in [3.63, 3.8) is 0 Å². The Hall–Kier alpha value is -0.990. The summed E-state index contributed by atoms with van der Waals surface area (Å²) in [6.45, 7) is 1.69. The first kappa shape index (κ1) is 13.4. The van der Waals surface area contributed by atoms with Crippen molar-refractivity contribution in [3.05, 3.63) is 31.7 Å². The minimum atomic E-state index is -4.44. The lowest BCUT2D eigenvalue weighted by atomic mass is 10.3. The molecule has 0 aliphatic carbocycles. The maximum Gasteiger partial charge on any atom is 0.434 e. The molecule has 0 aromatic carbocycles. The van der Waals surface area contributed by atoms with Crippen molar-refractivity contribution < 1.29 is 13.2 Å². The molecule has 0 saturated carbocycles. The Balaban J connectivity index is 2.27. The van der Waals surface area contributed by atoms with Crippen LogP contribution in [0.5, 0.6) is 0 Å². The second kappa shape index (κ2) is 4.94. The number of halogens is 3. The third kappa shape index (κ3) is 2.88. The van der Waals surface area contributed by atoms with Gasteiger partial charge in [0, 0.05) is 17.6 Å². The van der Waals surface area contributed by atoms with Gasteiger partial charge in [0.05, 0.1) is 16.3 Å². The zero-order valence-corrected chi connectivity index (χ0v) is 11.0. The normalized spacial score (nSPS) is 12.1. The fraction of sp³-hybridized carbons (Fsp3) is 0.400. The molecule has 0 aliphatic rings. The Morgan fingerprint density at radius 3 is 2.44 bits per heavy atom. The largest absolute Gasteiger partial charge is 0.434 e. The summed E-state index contributed by atoms with van der Waals surface area (Å²) in [4.78, 5) is 7.92. The van der Waals surface area contributed by atoms with E-state index in [-0.39, 0.29) is 11.4 Å². The predicted octanol–water partition coefficient (Wildman–Crippen LogP) is 2.98. The minimum absolute atomic E-state index is 0.0748. The van der Waals surface area contributed by atoms with E-state index in [2.05, 4.69) is 9.97 Å². The topological polar surface area (TPSA) is 51.8 Å². The van der Waals surface area contributed by atoms with E-state index < -0.39 is 11.9 Å². The summed E-state index contributed by atoms with van der Waals surface area (Å²) in [7, 11) is 0. The number of rotatable bonds is 3. The second-order valence-electron chi connectivity index (χ2n) is 3.64. The number of hydrogen-bond acceptors (Lipinski definition) is 5. The number of hydrogen-bond donors (Lipinski definition) is 1. The van der Waals surface area contributed by atoms with Crippen molar-refractivity contribution in [2.24, 2.45) is 5.73 Å². The highest BCUT2D eigenvalue weighted by Gasteiger charge is 2.37. The van der Waals surface area contributed by atoms with Crippen LogP contribution in [-0.2, 0) is 19.1 Å². The molecule has 0 unspecified atom stereocenters. The number of nitrogens with zero attached hydrogens (tertiary/aromatic N) is 2. The summed E-state index contributed by atoms with van der Waals surface area (Å²) in [6, 6.07) is 0. The highest BCUT2D eigenvalue weighted by Crippen LogP contribution is 2.34. The Labute approximate surface area is 110 Å². The molecule has 0 spiro atoms. The molecule has 18 heavy (non-hydrogen) atoms. The molecule has 0 amide bonds. The molecule has 2 aromatic heterocycles. The van der Waals surface area contributed by atoms with Crippen molar-refractivity contribution in [1.29, 1.82) is 0 Å². The average molecular weight is 293 g/mol. The number of nitrogens with two attached hydrogens (primary N) is 1. The van der Waals surface area contributed by atoms with Crippen LogP contribution in [0.4, 0.5) is 13.2 Å². The van der Waals surface area contributed by atoms with Crippen molar-refractivity contribution in [1.82, 2.24) is 9.97 Å². The molecule has 98 valence electrons. The van der Waals surface area contributed by atoms with Crippen LogP contribution >= 0.6 is 22.7 Å². The van der Waals surface area contributed by atoms with Crippen LogP contribution in [0.2, 0.25) is 0 Å². The van der Waals surface area contributed by atoms with E-state index in [1.807, 2.05) is 12.3 Å². The van der Waals surface area contributed by atoms with Gasteiger partial charge >= 0.3 is 6.18 Å². The number of alkyl halides is 3. The molecule has 8 heteroatoms. The lowest BCUT2D eigenvalue weighted by Crippen LogP contribution is -2.10. The van der Waals surface area contributed by atoms with Gasteiger partial charge in [0.1, 0.15) is 5.01 Å². The van der Waals surface area contributed by atoms with Gasteiger partial charge in [-0.05, 0) is 6.92 Å². The molecule has 0 radical (unpaired) electrons. The zero-order chi connectivity index (χ0) is 13.3. The third-order valence-corrected chi connectivity index (χ3v) is 4.21. The average Bonchev–Trinajstić information content (AvgIpc) is 2.84. The summed E-state index contributed by atoms with van der Waals surface area (Å²) < 4.78 is 38.0. The summed E-state index contributed by atoms with van der Waals surface area (Å²) in [5, 5.41) is 3.02. The van der Waals surface area contributed by atoms with Crippen molar-refractivity contribution >= 4 is 22.7 Å². The van der Waals surface area contributed by atoms with E-state index in [0.717, 1.165) is 22.0 Å². The highest BCUT2D eigenvalue weighted by atomic mass is 32.1. The number of aromatic nitrogens is 2. The smallest absolute Gasteiger partial charge is 0.326 e. The standard InChI is InChI=1S/C10H10F3N3S2/c1-5-4-17-7(15-5)2-8-16-9(10(11,12)13)6(3-14)18-8/h4H,2-3,14H2,1H3. The zero-order valence-electron chi connectivity index (χ0n) is 9.41. The van der Waals surface area contributed by atoms with E-state index >= 15 is 0 Å². The first-order valence-corrected chi connectivity index (χ1v) is 6.76. The lowest BCUT2D eigenvalue weighted by molar-refractivity contribution is -0.141. The molecule has 3 nitrogen and oxygen atoms in total. The molecule has 0 bridgehead atoms. The Kier molecular flexibility index (Phi) is 3.69. The van der Waals surface area contributed by atoms with Crippen molar-refractivity contribution in [2.75, 3.05) is 0 Å². The fourth-order valence-electron chi connectivity index (χ4n) is 1.45. The molecule has 0 atom stereocenters. The molecule has 2 N–H and O–H groups in total. The summed E-state index contributed by atoms with van der Waals surface area (Å²) in [6.07, 6.45) is -4.12. The first-order valence-electron chi connectivity index (χ1n) is 5.07. The molecular formula is C10H10F3N3S2. The van der Waals surface area contributed by atoms with Crippen LogP contribution in [0.1, 0.15) is 26.3 Å². The van der Waals surface area contributed by atoms with Gasteiger partial charge in [0.2, 0.25) is 0 Å². The quantitative estimate of drug-likeness (QED) is 0.946. The molecule has 0 aliphatic heterocycles. The maximum absolute atomic E-state index is 12.7. The summed E-state index contributed by atoms with van der Waals surface area (Å²) in [5.74, 6) is 0. The van der Waals surface area contributed by atoms with Crippen molar-refractivity contribution in [2.45, 2.75) is 26.1 Å². The van der Waals surface area contributed by atoms with E-state index in [1.54, 1.807) is 0 Å². The fourth-order valence-corrected chi connectivity index (χ4v) is 3.29. The van der Waals surface area contributed by atoms with Gasteiger partial charge in [0.25, 0.3) is 0 Å². The predicted molar refractivity (Wildman–Crippen MR) is 64.7 cm³/mol. The van der Waals surface area contributed by atoms with Crippen LogP contribution in [0, 0.1) is 6.92 Å². The lowest BCUT2D eigenvalue weighted by Gasteiger charge is -2.03.